The first-order chi connectivity index (χ1) is 14.3. The molecule has 4 aromatic rings. The van der Waals surface area contributed by atoms with Crippen molar-refractivity contribution in [1.29, 1.82) is 0 Å². The van der Waals surface area contributed by atoms with Crippen molar-refractivity contribution in [2.45, 2.75) is 38.4 Å². The minimum atomic E-state index is 0.342. The largest absolute Gasteiger partial charge is 0.322 e. The highest BCUT2D eigenvalue weighted by Crippen LogP contribution is 2.33. The maximum atomic E-state index is 4.98. The molecule has 0 saturated carbocycles. The Morgan fingerprint density at radius 2 is 1.90 bits per heavy atom. The van der Waals surface area contributed by atoms with E-state index in [4.69, 9.17) is 9.97 Å². The molecular formula is C24H25N5. The number of nitrogens with zero attached hydrogens (tertiary/aromatic N) is 5. The molecule has 1 aromatic carbocycles. The summed E-state index contributed by atoms with van der Waals surface area (Å²) in [5, 5.41) is 0. The summed E-state index contributed by atoms with van der Waals surface area (Å²) in [6.07, 6.45) is 9.11. The fraction of sp³-hybridized carbons (Fsp3) is 0.292. The zero-order valence-corrected chi connectivity index (χ0v) is 16.7. The van der Waals surface area contributed by atoms with Crippen molar-refractivity contribution in [3.05, 3.63) is 89.8 Å². The molecule has 0 radical (unpaired) electrons. The Balaban J connectivity index is 1.48. The van der Waals surface area contributed by atoms with E-state index in [-0.39, 0.29) is 0 Å². The zero-order valence-electron chi connectivity index (χ0n) is 16.7. The van der Waals surface area contributed by atoms with Crippen LogP contribution in [0, 0.1) is 0 Å². The molecule has 29 heavy (non-hydrogen) atoms. The van der Waals surface area contributed by atoms with Gasteiger partial charge in [-0.2, -0.15) is 0 Å². The Morgan fingerprint density at radius 1 is 1.03 bits per heavy atom. The predicted molar refractivity (Wildman–Crippen MR) is 114 cm³/mol. The van der Waals surface area contributed by atoms with Gasteiger partial charge in [0.05, 0.1) is 29.3 Å². The van der Waals surface area contributed by atoms with E-state index in [1.165, 1.54) is 28.8 Å². The summed E-state index contributed by atoms with van der Waals surface area (Å²) in [6.45, 7) is 1.59. The highest BCUT2D eigenvalue weighted by Gasteiger charge is 2.26. The standard InChI is InChI=1S/C24H25N5/c1-28(22-10-4-6-19-7-5-13-26-24(19)22)17-23-27-20-8-2-3-9-21(20)29(23)16-18-11-14-25-15-12-18/h2-3,5,7-9,11-15,22H,4,6,10,16-17H2,1H3. The molecule has 5 rings (SSSR count). The first-order valence-corrected chi connectivity index (χ1v) is 10.3. The summed E-state index contributed by atoms with van der Waals surface area (Å²) >= 11 is 0. The number of aryl methyl sites for hydroxylation is 1. The van der Waals surface area contributed by atoms with Gasteiger partial charge >= 0.3 is 0 Å². The molecule has 0 aliphatic heterocycles. The molecule has 0 spiro atoms. The number of para-hydroxylation sites is 2. The lowest BCUT2D eigenvalue weighted by Crippen LogP contribution is -2.29. The number of hydrogen-bond acceptors (Lipinski definition) is 4. The monoisotopic (exact) mass is 383 g/mol. The van der Waals surface area contributed by atoms with Crippen molar-refractivity contribution < 1.29 is 0 Å². The van der Waals surface area contributed by atoms with E-state index in [1.807, 2.05) is 18.6 Å². The lowest BCUT2D eigenvalue weighted by Gasteiger charge is -2.32. The number of aromatic nitrogens is 4. The third-order valence-electron chi connectivity index (χ3n) is 5.91. The van der Waals surface area contributed by atoms with Crippen LogP contribution < -0.4 is 0 Å². The van der Waals surface area contributed by atoms with Gasteiger partial charge in [0.15, 0.2) is 0 Å². The van der Waals surface area contributed by atoms with Gasteiger partial charge in [-0.15, -0.1) is 0 Å². The van der Waals surface area contributed by atoms with E-state index >= 15 is 0 Å². The lowest BCUT2D eigenvalue weighted by atomic mass is 9.91. The SMILES string of the molecule is CN(Cc1nc2ccccc2n1Cc1ccncc1)C1CCCc2cccnc21. The molecule has 0 N–H and O–H groups in total. The maximum absolute atomic E-state index is 4.98. The van der Waals surface area contributed by atoms with Crippen LogP contribution in [0.25, 0.3) is 11.0 Å². The van der Waals surface area contributed by atoms with Crippen LogP contribution in [0.4, 0.5) is 0 Å². The summed E-state index contributed by atoms with van der Waals surface area (Å²) < 4.78 is 2.34. The molecule has 0 amide bonds. The number of rotatable bonds is 5. The van der Waals surface area contributed by atoms with E-state index in [0.29, 0.717) is 6.04 Å². The second-order valence-corrected chi connectivity index (χ2v) is 7.83. The van der Waals surface area contributed by atoms with Gasteiger partial charge < -0.3 is 4.57 Å². The topological polar surface area (TPSA) is 46.8 Å². The van der Waals surface area contributed by atoms with E-state index in [9.17, 15) is 0 Å². The maximum Gasteiger partial charge on any atom is 0.124 e. The van der Waals surface area contributed by atoms with Crippen LogP contribution in [0.1, 0.15) is 41.5 Å². The fourth-order valence-corrected chi connectivity index (χ4v) is 4.44. The second kappa shape index (κ2) is 7.76. The Labute approximate surface area is 171 Å². The second-order valence-electron chi connectivity index (χ2n) is 7.83. The van der Waals surface area contributed by atoms with Crippen molar-refractivity contribution in [2.24, 2.45) is 0 Å². The summed E-state index contributed by atoms with van der Waals surface area (Å²) in [4.78, 5) is 16.3. The third kappa shape index (κ3) is 3.54. The first kappa shape index (κ1) is 18.0. The quantitative estimate of drug-likeness (QED) is 0.513. The third-order valence-corrected chi connectivity index (χ3v) is 5.91. The Hall–Kier alpha value is -3.05. The Morgan fingerprint density at radius 3 is 2.79 bits per heavy atom. The number of fused-ring (bicyclic) bond motifs is 2. The molecule has 5 nitrogen and oxygen atoms in total. The molecule has 0 saturated heterocycles. The highest BCUT2D eigenvalue weighted by atomic mass is 15.2. The minimum absolute atomic E-state index is 0.342. The van der Waals surface area contributed by atoms with Crippen LogP contribution in [0.15, 0.2) is 67.1 Å². The van der Waals surface area contributed by atoms with E-state index in [2.05, 4.69) is 70.0 Å². The van der Waals surface area contributed by atoms with Crippen LogP contribution in [0.3, 0.4) is 0 Å². The Bertz CT molecular complexity index is 1120. The van der Waals surface area contributed by atoms with Gasteiger partial charge in [-0.3, -0.25) is 14.9 Å². The van der Waals surface area contributed by atoms with Crippen LogP contribution in [0.2, 0.25) is 0 Å². The number of benzene rings is 1. The minimum Gasteiger partial charge on any atom is -0.322 e. The van der Waals surface area contributed by atoms with Crippen molar-refractivity contribution in [3.8, 4) is 0 Å². The molecule has 5 heteroatoms. The molecular weight excluding hydrogens is 358 g/mol. The van der Waals surface area contributed by atoms with Gasteiger partial charge in [-0.05, 0) is 67.8 Å². The average Bonchev–Trinajstić information content (AvgIpc) is 3.11. The zero-order chi connectivity index (χ0) is 19.6. The molecule has 0 fully saturated rings. The van der Waals surface area contributed by atoms with E-state index < -0.39 is 0 Å². The first-order valence-electron chi connectivity index (χ1n) is 10.3. The Kier molecular flexibility index (Phi) is 4.82. The number of imidazole rings is 1. The molecule has 146 valence electrons. The van der Waals surface area contributed by atoms with Crippen molar-refractivity contribution in [3.63, 3.8) is 0 Å². The molecule has 1 aliphatic carbocycles. The summed E-state index contributed by atoms with van der Waals surface area (Å²) in [5.41, 5.74) is 6.08. The fourth-order valence-electron chi connectivity index (χ4n) is 4.44. The van der Waals surface area contributed by atoms with Crippen LogP contribution in [-0.4, -0.2) is 31.5 Å². The lowest BCUT2D eigenvalue weighted by molar-refractivity contribution is 0.202. The summed E-state index contributed by atoms with van der Waals surface area (Å²) in [7, 11) is 2.20. The molecule has 1 atom stereocenters. The van der Waals surface area contributed by atoms with E-state index in [1.54, 1.807) is 0 Å². The normalized spacial score (nSPS) is 16.3. The van der Waals surface area contributed by atoms with Crippen LogP contribution in [-0.2, 0) is 19.5 Å². The molecule has 3 heterocycles. The van der Waals surface area contributed by atoms with Crippen molar-refractivity contribution in [2.75, 3.05) is 7.05 Å². The molecule has 3 aromatic heterocycles. The van der Waals surface area contributed by atoms with Crippen molar-refractivity contribution >= 4 is 11.0 Å². The molecule has 1 aliphatic rings. The van der Waals surface area contributed by atoms with Gasteiger partial charge in [0.25, 0.3) is 0 Å². The van der Waals surface area contributed by atoms with Gasteiger partial charge in [-0.25, -0.2) is 4.98 Å². The molecule has 1 unspecified atom stereocenters. The van der Waals surface area contributed by atoms with Gasteiger partial charge in [0.2, 0.25) is 0 Å². The average molecular weight is 383 g/mol. The number of hydrogen-bond donors (Lipinski definition) is 0. The van der Waals surface area contributed by atoms with Crippen LogP contribution in [0.5, 0.6) is 0 Å². The predicted octanol–water partition coefficient (Wildman–Crippen LogP) is 4.38. The highest BCUT2D eigenvalue weighted by molar-refractivity contribution is 5.76. The van der Waals surface area contributed by atoms with Gasteiger partial charge in [-0.1, -0.05) is 18.2 Å². The van der Waals surface area contributed by atoms with Crippen molar-refractivity contribution in [1.82, 2.24) is 24.4 Å². The van der Waals surface area contributed by atoms with E-state index in [0.717, 1.165) is 37.3 Å². The summed E-state index contributed by atoms with van der Waals surface area (Å²) in [6, 6.07) is 17.2. The van der Waals surface area contributed by atoms with Gasteiger partial charge in [0, 0.05) is 25.1 Å². The van der Waals surface area contributed by atoms with Gasteiger partial charge in [0.1, 0.15) is 5.82 Å². The summed E-state index contributed by atoms with van der Waals surface area (Å²) in [5.74, 6) is 1.09. The molecule has 0 bridgehead atoms. The smallest absolute Gasteiger partial charge is 0.124 e. The number of pyridine rings is 2. The van der Waals surface area contributed by atoms with Crippen LogP contribution >= 0.6 is 0 Å².